The Labute approximate surface area is 137 Å². The molecule has 0 bridgehead atoms. The van der Waals surface area contributed by atoms with E-state index >= 15 is 0 Å². The lowest BCUT2D eigenvalue weighted by Gasteiger charge is -2.19. The number of halogens is 3. The van der Waals surface area contributed by atoms with Gasteiger partial charge in [0.15, 0.2) is 17.5 Å². The molecule has 0 saturated carbocycles. The fourth-order valence-corrected chi connectivity index (χ4v) is 2.13. The van der Waals surface area contributed by atoms with Gasteiger partial charge in [0.25, 0.3) is 5.91 Å². The van der Waals surface area contributed by atoms with Crippen LogP contribution >= 0.6 is 0 Å². The molecule has 0 aliphatic carbocycles. The van der Waals surface area contributed by atoms with E-state index in [1.165, 1.54) is 6.07 Å². The number of hydrogen-bond donors (Lipinski definition) is 1. The van der Waals surface area contributed by atoms with E-state index in [0.717, 1.165) is 12.1 Å². The molecule has 0 unspecified atom stereocenters. The van der Waals surface area contributed by atoms with Crippen molar-refractivity contribution < 1.29 is 18.0 Å². The minimum atomic E-state index is -1.64. The molecule has 24 heavy (non-hydrogen) atoms. The Bertz CT molecular complexity index is 763. The van der Waals surface area contributed by atoms with Gasteiger partial charge in [0.05, 0.1) is 5.69 Å². The van der Waals surface area contributed by atoms with Crippen LogP contribution in [0.5, 0.6) is 0 Å². The number of hydrogen-bond acceptors (Lipinski definition) is 4. The monoisotopic (exact) mass is 338 g/mol. The summed E-state index contributed by atoms with van der Waals surface area (Å²) in [7, 11) is 0. The van der Waals surface area contributed by atoms with E-state index in [-0.39, 0.29) is 5.69 Å². The second kappa shape index (κ2) is 7.29. The average molecular weight is 338 g/mol. The summed E-state index contributed by atoms with van der Waals surface area (Å²) in [5.74, 6) is -4.80. The SMILES string of the molecule is CCN(CC)c1nc(C)cc(C(=O)Nc2ccc(F)c(F)c2F)n1. The zero-order valence-corrected chi connectivity index (χ0v) is 13.5. The third-order valence-electron chi connectivity index (χ3n) is 3.40. The Hall–Kier alpha value is -2.64. The Balaban J connectivity index is 2.32. The third-order valence-corrected chi connectivity index (χ3v) is 3.40. The molecule has 1 N–H and O–H groups in total. The summed E-state index contributed by atoms with van der Waals surface area (Å²) in [6.45, 7) is 6.85. The van der Waals surface area contributed by atoms with Crippen LogP contribution in [0.2, 0.25) is 0 Å². The number of carbonyl (C=O) groups excluding carboxylic acids is 1. The summed E-state index contributed by atoms with van der Waals surface area (Å²) in [6, 6.07) is 3.12. The average Bonchev–Trinajstić information content (AvgIpc) is 2.56. The van der Waals surface area contributed by atoms with Crippen LogP contribution in [0.25, 0.3) is 0 Å². The fourth-order valence-electron chi connectivity index (χ4n) is 2.13. The molecule has 0 aliphatic rings. The summed E-state index contributed by atoms with van der Waals surface area (Å²) in [6.07, 6.45) is 0. The highest BCUT2D eigenvalue weighted by Crippen LogP contribution is 2.20. The summed E-state index contributed by atoms with van der Waals surface area (Å²) < 4.78 is 39.8. The predicted molar refractivity (Wildman–Crippen MR) is 84.6 cm³/mol. The van der Waals surface area contributed by atoms with E-state index in [4.69, 9.17) is 0 Å². The third kappa shape index (κ3) is 3.64. The van der Waals surface area contributed by atoms with Crippen LogP contribution in [0.3, 0.4) is 0 Å². The maximum absolute atomic E-state index is 13.7. The summed E-state index contributed by atoms with van der Waals surface area (Å²) in [5, 5.41) is 2.19. The van der Waals surface area contributed by atoms with Crippen LogP contribution in [-0.2, 0) is 0 Å². The second-order valence-electron chi connectivity index (χ2n) is 5.04. The van der Waals surface area contributed by atoms with Crippen LogP contribution in [0, 0.1) is 24.4 Å². The second-order valence-corrected chi connectivity index (χ2v) is 5.04. The first kappa shape index (κ1) is 17.7. The molecule has 5 nitrogen and oxygen atoms in total. The normalized spacial score (nSPS) is 10.6. The van der Waals surface area contributed by atoms with Gasteiger partial charge < -0.3 is 10.2 Å². The molecule has 0 fully saturated rings. The minimum absolute atomic E-state index is 0.00790. The molecule has 0 spiro atoms. The van der Waals surface area contributed by atoms with Crippen molar-refractivity contribution in [3.05, 3.63) is 47.0 Å². The quantitative estimate of drug-likeness (QED) is 0.850. The Kier molecular flexibility index (Phi) is 5.38. The van der Waals surface area contributed by atoms with E-state index in [2.05, 4.69) is 15.3 Å². The van der Waals surface area contributed by atoms with Gasteiger partial charge in [-0.3, -0.25) is 4.79 Å². The number of anilines is 2. The summed E-state index contributed by atoms with van der Waals surface area (Å²) >= 11 is 0. The van der Waals surface area contributed by atoms with Crippen LogP contribution in [0.15, 0.2) is 18.2 Å². The Morgan fingerprint density at radius 3 is 2.42 bits per heavy atom. The molecule has 1 heterocycles. The van der Waals surface area contributed by atoms with E-state index in [9.17, 15) is 18.0 Å². The van der Waals surface area contributed by atoms with E-state index in [1.54, 1.807) is 6.92 Å². The van der Waals surface area contributed by atoms with Crippen LogP contribution in [0.1, 0.15) is 30.0 Å². The number of aromatic nitrogens is 2. The van der Waals surface area contributed by atoms with Crippen LogP contribution in [0.4, 0.5) is 24.8 Å². The van der Waals surface area contributed by atoms with Crippen LogP contribution < -0.4 is 10.2 Å². The van der Waals surface area contributed by atoms with Gasteiger partial charge in [-0.05, 0) is 39.0 Å². The molecule has 0 atom stereocenters. The number of carbonyl (C=O) groups is 1. The Morgan fingerprint density at radius 1 is 1.12 bits per heavy atom. The first-order valence-corrected chi connectivity index (χ1v) is 7.42. The molecule has 2 aromatic rings. The van der Waals surface area contributed by atoms with Gasteiger partial charge in [-0.2, -0.15) is 0 Å². The van der Waals surface area contributed by atoms with E-state index in [0.29, 0.717) is 24.7 Å². The van der Waals surface area contributed by atoms with Gasteiger partial charge >= 0.3 is 0 Å². The number of rotatable bonds is 5. The van der Waals surface area contributed by atoms with Gasteiger partial charge in [0.2, 0.25) is 5.95 Å². The zero-order valence-electron chi connectivity index (χ0n) is 13.5. The molecule has 1 aromatic carbocycles. The largest absolute Gasteiger partial charge is 0.341 e. The standard InChI is InChI=1S/C16H17F3N4O/c1-4-23(5-2)16-20-9(3)8-12(22-16)15(24)21-11-7-6-10(17)13(18)14(11)19/h6-8H,4-5H2,1-3H3,(H,21,24). The van der Waals surface area contributed by atoms with Crippen molar-refractivity contribution in [3.8, 4) is 0 Å². The Morgan fingerprint density at radius 2 is 1.79 bits per heavy atom. The van der Waals surface area contributed by atoms with E-state index in [1.807, 2.05) is 18.7 Å². The number of aryl methyl sites for hydroxylation is 1. The van der Waals surface area contributed by atoms with Crippen molar-refractivity contribution in [2.45, 2.75) is 20.8 Å². The smallest absolute Gasteiger partial charge is 0.274 e. The predicted octanol–water partition coefficient (Wildman–Crippen LogP) is 3.30. The highest BCUT2D eigenvalue weighted by Gasteiger charge is 2.18. The lowest BCUT2D eigenvalue weighted by molar-refractivity contribution is 0.102. The topological polar surface area (TPSA) is 58.1 Å². The molecule has 0 saturated heterocycles. The summed E-state index contributed by atoms with van der Waals surface area (Å²) in [4.78, 5) is 22.5. The van der Waals surface area contributed by atoms with Gasteiger partial charge in [0.1, 0.15) is 5.69 Å². The molecule has 1 amide bonds. The lowest BCUT2D eigenvalue weighted by Crippen LogP contribution is -2.26. The fraction of sp³-hybridized carbons (Fsp3) is 0.312. The molecule has 1 aromatic heterocycles. The zero-order chi connectivity index (χ0) is 17.9. The lowest BCUT2D eigenvalue weighted by atomic mass is 10.2. The summed E-state index contributed by atoms with van der Waals surface area (Å²) in [5.41, 5.74) is 0.107. The molecular weight excluding hydrogens is 321 g/mol. The molecule has 2 rings (SSSR count). The highest BCUT2D eigenvalue weighted by molar-refractivity contribution is 6.03. The minimum Gasteiger partial charge on any atom is -0.341 e. The molecule has 0 radical (unpaired) electrons. The first-order chi connectivity index (χ1) is 11.4. The van der Waals surface area contributed by atoms with Crippen LogP contribution in [-0.4, -0.2) is 29.0 Å². The molecule has 8 heteroatoms. The molecule has 128 valence electrons. The molecule has 0 aliphatic heterocycles. The van der Waals surface area contributed by atoms with Gasteiger partial charge in [-0.25, -0.2) is 23.1 Å². The van der Waals surface area contributed by atoms with Crippen molar-refractivity contribution in [2.75, 3.05) is 23.3 Å². The van der Waals surface area contributed by atoms with Crippen molar-refractivity contribution in [1.29, 1.82) is 0 Å². The van der Waals surface area contributed by atoms with Crippen molar-refractivity contribution >= 4 is 17.5 Å². The van der Waals surface area contributed by atoms with Gasteiger partial charge in [-0.15, -0.1) is 0 Å². The number of nitrogens with zero attached hydrogens (tertiary/aromatic N) is 3. The number of amides is 1. The van der Waals surface area contributed by atoms with Crippen molar-refractivity contribution in [3.63, 3.8) is 0 Å². The van der Waals surface area contributed by atoms with Crippen molar-refractivity contribution in [2.24, 2.45) is 0 Å². The van der Waals surface area contributed by atoms with Crippen molar-refractivity contribution in [1.82, 2.24) is 9.97 Å². The maximum Gasteiger partial charge on any atom is 0.274 e. The van der Waals surface area contributed by atoms with Gasteiger partial charge in [-0.1, -0.05) is 0 Å². The first-order valence-electron chi connectivity index (χ1n) is 7.42. The molecular formula is C16H17F3N4O. The number of benzene rings is 1. The maximum atomic E-state index is 13.7. The number of nitrogens with one attached hydrogen (secondary N) is 1. The van der Waals surface area contributed by atoms with E-state index < -0.39 is 29.0 Å². The highest BCUT2D eigenvalue weighted by atomic mass is 19.2. The van der Waals surface area contributed by atoms with Gasteiger partial charge in [0, 0.05) is 18.8 Å².